The number of esters is 2. The summed E-state index contributed by atoms with van der Waals surface area (Å²) in [4.78, 5) is 61.4. The number of nitrogens with zero attached hydrogens (tertiary/aromatic N) is 3. The highest BCUT2D eigenvalue weighted by molar-refractivity contribution is 7.10. The van der Waals surface area contributed by atoms with Gasteiger partial charge in [0.2, 0.25) is 5.91 Å². The fraction of sp³-hybridized carbons (Fsp3) is 0.667. The third-order valence-corrected chi connectivity index (χ3v) is 9.73. The van der Waals surface area contributed by atoms with E-state index in [9.17, 15) is 19.2 Å². The fourth-order valence-electron chi connectivity index (χ4n) is 5.19. The van der Waals surface area contributed by atoms with Crippen molar-refractivity contribution in [3.8, 4) is 0 Å². The number of carbonyl (C=O) groups excluding carboxylic acids is 4. The third kappa shape index (κ3) is 9.58. The van der Waals surface area contributed by atoms with E-state index in [0.29, 0.717) is 36.6 Å². The van der Waals surface area contributed by atoms with Crippen LogP contribution in [0.2, 0.25) is 0 Å². The Bertz CT molecular complexity index is 1220. The Morgan fingerprint density at radius 3 is 2.36 bits per heavy atom. The molecule has 1 aliphatic carbocycles. The molecule has 0 saturated heterocycles. The minimum atomic E-state index is -0.700. The van der Waals surface area contributed by atoms with Gasteiger partial charge in [0.1, 0.15) is 10.7 Å². The van der Waals surface area contributed by atoms with Crippen LogP contribution in [0.4, 0.5) is 0 Å². The largest absolute Gasteiger partial charge is 0.469 e. The molecule has 12 heteroatoms. The molecule has 0 radical (unpaired) electrons. The summed E-state index contributed by atoms with van der Waals surface area (Å²) in [5, 5.41) is 7.97. The molecule has 10 nitrogen and oxygen atoms in total. The molecule has 42 heavy (non-hydrogen) atoms. The van der Waals surface area contributed by atoms with Crippen LogP contribution < -0.4 is 5.32 Å². The number of rotatable bonds is 15. The van der Waals surface area contributed by atoms with Gasteiger partial charge in [0, 0.05) is 61.8 Å². The van der Waals surface area contributed by atoms with Crippen molar-refractivity contribution in [3.63, 3.8) is 0 Å². The van der Waals surface area contributed by atoms with Gasteiger partial charge in [-0.2, -0.15) is 0 Å². The molecule has 2 aromatic heterocycles. The summed E-state index contributed by atoms with van der Waals surface area (Å²) in [5.74, 6) is -0.935. The van der Waals surface area contributed by atoms with Crippen LogP contribution in [0.3, 0.4) is 0 Å². The SMILES string of the molecule is COC(=O)[C@@H](C)C[C@H](Cc1nc(C)cs1)NC(=O)c1csc([C@@H](CC(C(C)C)N(C)C(=O)CC2CCC2)OC(C)=O)n1. The van der Waals surface area contributed by atoms with Gasteiger partial charge in [-0.3, -0.25) is 19.2 Å². The molecular formula is C30H44N4O6S2. The number of carbonyl (C=O) groups is 4. The molecule has 3 rings (SSSR count). The normalized spacial score (nSPS) is 16.2. The second-order valence-corrected chi connectivity index (χ2v) is 13.5. The first-order chi connectivity index (χ1) is 19.9. The lowest BCUT2D eigenvalue weighted by Crippen LogP contribution is -2.42. The number of methoxy groups -OCH3 is 1. The van der Waals surface area contributed by atoms with Crippen LogP contribution in [0.1, 0.15) is 98.5 Å². The van der Waals surface area contributed by atoms with Gasteiger partial charge in [0.15, 0.2) is 6.10 Å². The summed E-state index contributed by atoms with van der Waals surface area (Å²) in [6, 6.07) is -0.540. The van der Waals surface area contributed by atoms with Crippen molar-refractivity contribution in [1.82, 2.24) is 20.2 Å². The first-order valence-electron chi connectivity index (χ1n) is 14.6. The molecule has 4 atom stereocenters. The minimum absolute atomic E-state index is 0.0989. The molecule has 2 heterocycles. The standard InChI is InChI=1S/C30H44N4O6S2/c1-17(2)24(34(6)27(36)12-21-9-8-10-21)14-25(40-20(5)35)29-33-23(16-42-29)28(37)32-22(11-18(3)30(38)39-7)13-26-31-19(4)15-41-26/h15-18,21-22,24-25H,8-14H2,1-7H3,(H,32,37)/t18-,22+,24?,25+/m0/s1. The smallest absolute Gasteiger partial charge is 0.308 e. The van der Waals surface area contributed by atoms with Crippen LogP contribution in [-0.2, 0) is 30.3 Å². The van der Waals surface area contributed by atoms with Gasteiger partial charge >= 0.3 is 11.9 Å². The number of aromatic nitrogens is 2. The van der Waals surface area contributed by atoms with Crippen LogP contribution >= 0.6 is 22.7 Å². The summed E-state index contributed by atoms with van der Waals surface area (Å²) in [7, 11) is 3.16. The summed E-state index contributed by atoms with van der Waals surface area (Å²) < 4.78 is 10.6. The maximum atomic E-state index is 13.3. The van der Waals surface area contributed by atoms with Gasteiger partial charge < -0.3 is 19.7 Å². The molecule has 232 valence electrons. The number of thiazole rings is 2. The van der Waals surface area contributed by atoms with Crippen molar-refractivity contribution in [2.75, 3.05) is 14.2 Å². The average Bonchev–Trinajstić information content (AvgIpc) is 3.56. The first-order valence-corrected chi connectivity index (χ1v) is 16.3. The van der Waals surface area contributed by atoms with E-state index in [-0.39, 0.29) is 41.5 Å². The number of hydrogen-bond donors (Lipinski definition) is 1. The minimum Gasteiger partial charge on any atom is -0.469 e. The average molecular weight is 621 g/mol. The maximum Gasteiger partial charge on any atom is 0.308 e. The quantitative estimate of drug-likeness (QED) is 0.272. The molecule has 2 amide bonds. The molecule has 0 aromatic carbocycles. The van der Waals surface area contributed by atoms with E-state index in [2.05, 4.69) is 15.3 Å². The number of ether oxygens (including phenoxy) is 2. The Labute approximate surface area is 256 Å². The van der Waals surface area contributed by atoms with Crippen LogP contribution in [0.25, 0.3) is 0 Å². The lowest BCUT2D eigenvalue weighted by Gasteiger charge is -2.35. The molecule has 1 saturated carbocycles. The monoisotopic (exact) mass is 620 g/mol. The highest BCUT2D eigenvalue weighted by Gasteiger charge is 2.32. The number of aryl methyl sites for hydroxylation is 1. The van der Waals surface area contributed by atoms with Gasteiger partial charge in [-0.1, -0.05) is 27.2 Å². The van der Waals surface area contributed by atoms with Gasteiger partial charge in [0.05, 0.1) is 18.0 Å². The number of hydrogen-bond acceptors (Lipinski definition) is 10. The van der Waals surface area contributed by atoms with Crippen molar-refractivity contribution >= 4 is 46.4 Å². The lowest BCUT2D eigenvalue weighted by atomic mass is 9.82. The number of amides is 2. The molecule has 1 unspecified atom stereocenters. The zero-order chi connectivity index (χ0) is 31.0. The summed E-state index contributed by atoms with van der Waals surface area (Å²) in [6.45, 7) is 9.11. The Morgan fingerprint density at radius 1 is 1.10 bits per heavy atom. The van der Waals surface area contributed by atoms with E-state index in [4.69, 9.17) is 9.47 Å². The van der Waals surface area contributed by atoms with Gasteiger partial charge in [-0.05, 0) is 38.0 Å². The van der Waals surface area contributed by atoms with Crippen molar-refractivity contribution in [2.24, 2.45) is 17.8 Å². The molecule has 1 N–H and O–H groups in total. The zero-order valence-electron chi connectivity index (χ0n) is 25.7. The van der Waals surface area contributed by atoms with E-state index < -0.39 is 18.0 Å². The maximum absolute atomic E-state index is 13.3. The topological polar surface area (TPSA) is 128 Å². The highest BCUT2D eigenvalue weighted by Crippen LogP contribution is 2.33. The zero-order valence-corrected chi connectivity index (χ0v) is 27.3. The van der Waals surface area contributed by atoms with Gasteiger partial charge in [-0.25, -0.2) is 9.97 Å². The first kappa shape index (κ1) is 33.6. The van der Waals surface area contributed by atoms with Crippen LogP contribution in [-0.4, -0.2) is 64.9 Å². The Hall–Kier alpha value is -2.86. The molecule has 1 fully saturated rings. The van der Waals surface area contributed by atoms with Gasteiger partial charge in [0.25, 0.3) is 5.91 Å². The van der Waals surface area contributed by atoms with Crippen LogP contribution in [0.5, 0.6) is 0 Å². The van der Waals surface area contributed by atoms with Gasteiger partial charge in [-0.15, -0.1) is 22.7 Å². The van der Waals surface area contributed by atoms with Crippen molar-refractivity contribution < 1.29 is 28.7 Å². The van der Waals surface area contributed by atoms with E-state index in [1.807, 2.05) is 33.2 Å². The predicted molar refractivity (Wildman–Crippen MR) is 162 cm³/mol. The van der Waals surface area contributed by atoms with E-state index >= 15 is 0 Å². The Morgan fingerprint density at radius 2 is 1.81 bits per heavy atom. The summed E-state index contributed by atoms with van der Waals surface area (Å²) in [5.41, 5.74) is 1.10. The molecule has 0 bridgehead atoms. The summed E-state index contributed by atoms with van der Waals surface area (Å²) >= 11 is 2.75. The van der Waals surface area contributed by atoms with Crippen molar-refractivity contribution in [3.05, 3.63) is 32.2 Å². The van der Waals surface area contributed by atoms with Crippen LogP contribution in [0.15, 0.2) is 10.8 Å². The molecule has 0 spiro atoms. The van der Waals surface area contributed by atoms with E-state index in [1.165, 1.54) is 43.1 Å². The number of nitrogens with one attached hydrogen (secondary N) is 1. The predicted octanol–water partition coefficient (Wildman–Crippen LogP) is 5.12. The highest BCUT2D eigenvalue weighted by atomic mass is 32.1. The Balaban J connectivity index is 1.75. The molecule has 1 aliphatic rings. The van der Waals surface area contributed by atoms with Crippen molar-refractivity contribution in [2.45, 2.75) is 97.8 Å². The molecule has 0 aliphatic heterocycles. The Kier molecular flexibility index (Phi) is 12.5. The fourth-order valence-corrected chi connectivity index (χ4v) is 6.89. The lowest BCUT2D eigenvalue weighted by molar-refractivity contribution is -0.148. The third-order valence-electron chi connectivity index (χ3n) is 7.81. The second-order valence-electron chi connectivity index (χ2n) is 11.6. The molecule has 2 aromatic rings. The van der Waals surface area contributed by atoms with E-state index in [0.717, 1.165) is 23.5 Å². The second kappa shape index (κ2) is 15.6. The van der Waals surface area contributed by atoms with E-state index in [1.54, 1.807) is 17.2 Å². The van der Waals surface area contributed by atoms with Crippen LogP contribution in [0, 0.1) is 24.7 Å². The summed E-state index contributed by atoms with van der Waals surface area (Å²) in [6.07, 6.45) is 4.43. The van der Waals surface area contributed by atoms with Crippen molar-refractivity contribution in [1.29, 1.82) is 0 Å². The molecular weight excluding hydrogens is 576 g/mol.